The van der Waals surface area contributed by atoms with E-state index in [0.717, 1.165) is 0 Å². The van der Waals surface area contributed by atoms with Crippen LogP contribution in [0, 0.1) is 6.92 Å². The van der Waals surface area contributed by atoms with Gasteiger partial charge in [-0.2, -0.15) is 0 Å². The van der Waals surface area contributed by atoms with Crippen LogP contribution in [0.5, 0.6) is 5.75 Å². The number of rotatable bonds is 3. The Morgan fingerprint density at radius 2 is 2.11 bits per heavy atom. The predicted molar refractivity (Wildman–Crippen MR) is 72.9 cm³/mol. The fourth-order valence-corrected chi connectivity index (χ4v) is 2.24. The lowest BCUT2D eigenvalue weighted by Gasteiger charge is -2.06. The molecule has 0 unspecified atom stereocenters. The zero-order chi connectivity index (χ0) is 14.0. The molecule has 1 aromatic heterocycles. The number of amides is 1. The maximum atomic E-state index is 12.0. The molecule has 0 aliphatic rings. The molecule has 6 heteroatoms. The number of carbonyl (C=O) groups excluding carboxylic acids is 2. The van der Waals surface area contributed by atoms with Crippen LogP contribution >= 0.6 is 11.3 Å². The Balaban J connectivity index is 2.21. The number of aryl methyl sites for hydroxylation is 1. The number of aromatic hydroxyl groups is 1. The van der Waals surface area contributed by atoms with E-state index >= 15 is 0 Å². The third-order valence-corrected chi connectivity index (χ3v) is 3.33. The fourth-order valence-electron chi connectivity index (χ4n) is 1.50. The average molecular weight is 276 g/mol. The molecule has 1 heterocycles. The van der Waals surface area contributed by atoms with Gasteiger partial charge in [0, 0.05) is 12.3 Å². The number of nitrogens with zero attached hydrogens (tertiary/aromatic N) is 1. The maximum absolute atomic E-state index is 12.0. The minimum absolute atomic E-state index is 0.0525. The summed E-state index contributed by atoms with van der Waals surface area (Å²) in [5.41, 5.74) is 1.12. The van der Waals surface area contributed by atoms with Gasteiger partial charge in [0.25, 0.3) is 5.91 Å². The van der Waals surface area contributed by atoms with E-state index < -0.39 is 5.91 Å². The van der Waals surface area contributed by atoms with Crippen LogP contribution in [0.25, 0.3) is 0 Å². The Morgan fingerprint density at radius 1 is 1.37 bits per heavy atom. The first-order valence-electron chi connectivity index (χ1n) is 5.55. The zero-order valence-corrected chi connectivity index (χ0v) is 11.2. The number of benzene rings is 1. The minimum atomic E-state index is -0.453. The third kappa shape index (κ3) is 2.79. The minimum Gasteiger partial charge on any atom is -0.507 e. The van der Waals surface area contributed by atoms with Crippen molar-refractivity contribution < 1.29 is 14.7 Å². The summed E-state index contributed by atoms with van der Waals surface area (Å²) in [7, 11) is 0. The number of nitrogens with one attached hydrogen (secondary N) is 1. The molecule has 0 bridgehead atoms. The molecule has 2 rings (SSSR count). The van der Waals surface area contributed by atoms with Gasteiger partial charge < -0.3 is 5.11 Å². The summed E-state index contributed by atoms with van der Waals surface area (Å²) in [5.74, 6) is -0.663. The van der Waals surface area contributed by atoms with Gasteiger partial charge in [0.2, 0.25) is 0 Å². The van der Waals surface area contributed by atoms with Crippen molar-refractivity contribution in [1.29, 1.82) is 0 Å². The quantitative estimate of drug-likeness (QED) is 0.844. The van der Waals surface area contributed by atoms with Crippen LogP contribution in [-0.2, 0) is 0 Å². The van der Waals surface area contributed by atoms with Crippen molar-refractivity contribution in [2.45, 2.75) is 13.8 Å². The fraction of sp³-hybridized carbons (Fsp3) is 0.154. The SMILES string of the molecule is CC(=O)c1csc(NC(=O)c2cccc(C)c2O)n1. The van der Waals surface area contributed by atoms with Crippen LogP contribution in [0.2, 0.25) is 0 Å². The van der Waals surface area contributed by atoms with Crippen molar-refractivity contribution in [2.24, 2.45) is 0 Å². The Kier molecular flexibility index (Phi) is 3.62. The normalized spacial score (nSPS) is 10.2. The number of anilines is 1. The highest BCUT2D eigenvalue weighted by Crippen LogP contribution is 2.23. The second-order valence-electron chi connectivity index (χ2n) is 4.02. The van der Waals surface area contributed by atoms with Gasteiger partial charge in [0.05, 0.1) is 5.56 Å². The van der Waals surface area contributed by atoms with Gasteiger partial charge >= 0.3 is 0 Å². The number of Topliss-reactive ketones (excluding diaryl/α,β-unsaturated/α-hetero) is 1. The first-order chi connectivity index (χ1) is 8.99. The highest BCUT2D eigenvalue weighted by molar-refractivity contribution is 7.14. The number of para-hydroxylation sites is 1. The summed E-state index contributed by atoms with van der Waals surface area (Å²) in [6, 6.07) is 4.92. The van der Waals surface area contributed by atoms with Gasteiger partial charge in [-0.1, -0.05) is 12.1 Å². The second kappa shape index (κ2) is 5.19. The Labute approximate surface area is 113 Å². The summed E-state index contributed by atoms with van der Waals surface area (Å²) < 4.78 is 0. The molecule has 0 aliphatic carbocycles. The molecule has 2 N–H and O–H groups in total. The number of thiazole rings is 1. The lowest BCUT2D eigenvalue weighted by Crippen LogP contribution is -2.12. The molecule has 0 fully saturated rings. The number of ketones is 1. The van der Waals surface area contributed by atoms with E-state index in [0.29, 0.717) is 16.4 Å². The smallest absolute Gasteiger partial charge is 0.261 e. The van der Waals surface area contributed by atoms with Crippen LogP contribution in [0.3, 0.4) is 0 Å². The molecule has 1 aromatic carbocycles. The largest absolute Gasteiger partial charge is 0.507 e. The van der Waals surface area contributed by atoms with Crippen molar-refractivity contribution in [2.75, 3.05) is 5.32 Å². The first kappa shape index (κ1) is 13.2. The van der Waals surface area contributed by atoms with E-state index in [1.54, 1.807) is 24.4 Å². The van der Waals surface area contributed by atoms with Gasteiger partial charge in [-0.15, -0.1) is 11.3 Å². The summed E-state index contributed by atoms with van der Waals surface area (Å²) in [6.45, 7) is 3.12. The van der Waals surface area contributed by atoms with Crippen LogP contribution in [0.4, 0.5) is 5.13 Å². The molecule has 0 atom stereocenters. The summed E-state index contributed by atoms with van der Waals surface area (Å²) in [5, 5.41) is 14.3. The van der Waals surface area contributed by atoms with Crippen LogP contribution in [-0.4, -0.2) is 21.8 Å². The monoisotopic (exact) mass is 276 g/mol. The number of phenolic OH excluding ortho intramolecular Hbond substituents is 1. The lowest BCUT2D eigenvalue weighted by atomic mass is 10.1. The van der Waals surface area contributed by atoms with Crippen molar-refractivity contribution in [3.05, 3.63) is 40.4 Å². The third-order valence-electron chi connectivity index (χ3n) is 2.57. The number of hydrogen-bond acceptors (Lipinski definition) is 5. The molecule has 5 nitrogen and oxygen atoms in total. The molecule has 0 aliphatic heterocycles. The van der Waals surface area contributed by atoms with Crippen molar-refractivity contribution in [3.63, 3.8) is 0 Å². The molecular formula is C13H12N2O3S. The Bertz CT molecular complexity index is 649. The van der Waals surface area contributed by atoms with Gasteiger partial charge in [0.1, 0.15) is 11.4 Å². The first-order valence-corrected chi connectivity index (χ1v) is 6.43. The van der Waals surface area contributed by atoms with Crippen molar-refractivity contribution in [3.8, 4) is 5.75 Å². The second-order valence-corrected chi connectivity index (χ2v) is 4.88. The van der Waals surface area contributed by atoms with Crippen LogP contribution in [0.15, 0.2) is 23.6 Å². The van der Waals surface area contributed by atoms with Crippen LogP contribution in [0.1, 0.15) is 33.3 Å². The van der Waals surface area contributed by atoms with Gasteiger partial charge in [-0.05, 0) is 18.6 Å². The number of hydrogen-bond donors (Lipinski definition) is 2. The zero-order valence-electron chi connectivity index (χ0n) is 10.4. The van der Waals surface area contributed by atoms with Gasteiger partial charge in [-0.25, -0.2) is 4.98 Å². The van der Waals surface area contributed by atoms with E-state index in [2.05, 4.69) is 10.3 Å². The summed E-state index contributed by atoms with van der Waals surface area (Å²) in [4.78, 5) is 27.1. The van der Waals surface area contributed by atoms with E-state index in [4.69, 9.17) is 0 Å². The molecule has 98 valence electrons. The molecule has 0 radical (unpaired) electrons. The van der Waals surface area contributed by atoms with E-state index in [-0.39, 0.29) is 17.1 Å². The summed E-state index contributed by atoms with van der Waals surface area (Å²) >= 11 is 1.17. The van der Waals surface area contributed by atoms with Crippen LogP contribution < -0.4 is 5.32 Å². The Hall–Kier alpha value is -2.21. The number of phenols is 1. The molecule has 1 amide bonds. The van der Waals surface area contributed by atoms with E-state index in [1.807, 2.05) is 0 Å². The van der Waals surface area contributed by atoms with E-state index in [9.17, 15) is 14.7 Å². The van der Waals surface area contributed by atoms with Gasteiger partial charge in [0.15, 0.2) is 10.9 Å². The topological polar surface area (TPSA) is 79.3 Å². The number of carbonyl (C=O) groups is 2. The standard InChI is InChI=1S/C13H12N2O3S/c1-7-4-3-5-9(11(7)17)12(18)15-13-14-10(6-19-13)8(2)16/h3-6,17H,1-2H3,(H,14,15,18). The highest BCUT2D eigenvalue weighted by atomic mass is 32.1. The lowest BCUT2D eigenvalue weighted by molar-refractivity contribution is 0.100. The molecule has 0 saturated carbocycles. The molecule has 0 saturated heterocycles. The summed E-state index contributed by atoms with van der Waals surface area (Å²) in [6.07, 6.45) is 0. The molecular weight excluding hydrogens is 264 g/mol. The van der Waals surface area contributed by atoms with Gasteiger partial charge in [-0.3, -0.25) is 14.9 Å². The predicted octanol–water partition coefficient (Wildman–Crippen LogP) is 2.61. The average Bonchev–Trinajstić information content (AvgIpc) is 2.81. The van der Waals surface area contributed by atoms with Crippen molar-refractivity contribution in [1.82, 2.24) is 4.98 Å². The van der Waals surface area contributed by atoms with E-state index in [1.165, 1.54) is 24.3 Å². The molecule has 2 aromatic rings. The highest BCUT2D eigenvalue weighted by Gasteiger charge is 2.14. The molecule has 19 heavy (non-hydrogen) atoms. The molecule has 0 spiro atoms. The Morgan fingerprint density at radius 3 is 2.74 bits per heavy atom. The van der Waals surface area contributed by atoms with Crippen molar-refractivity contribution >= 4 is 28.2 Å². The maximum Gasteiger partial charge on any atom is 0.261 e. The number of aromatic nitrogens is 1.